The number of nitrogens with two attached hydrogens (primary N) is 1. The number of carbonyl (C=O) groups excluding carboxylic acids is 1. The molecule has 0 aliphatic carbocycles. The summed E-state index contributed by atoms with van der Waals surface area (Å²) in [5, 5.41) is 19.4. The Morgan fingerprint density at radius 2 is 1.85 bits per heavy atom. The van der Waals surface area contributed by atoms with Crippen molar-refractivity contribution in [1.82, 2.24) is 15.2 Å². The van der Waals surface area contributed by atoms with Crippen LogP contribution in [0.3, 0.4) is 0 Å². The van der Waals surface area contributed by atoms with E-state index in [0.717, 1.165) is 5.56 Å². The third-order valence-corrected chi connectivity index (χ3v) is 3.53. The summed E-state index contributed by atoms with van der Waals surface area (Å²) in [6.45, 7) is 0. The van der Waals surface area contributed by atoms with Crippen LogP contribution in [0.1, 0.15) is 0 Å². The van der Waals surface area contributed by atoms with E-state index < -0.39 is 11.0 Å². The average molecular weight is 350 g/mol. The molecule has 9 heteroatoms. The smallest absolute Gasteiger partial charge is 0.332 e. The van der Waals surface area contributed by atoms with Crippen LogP contribution in [0, 0.1) is 10.1 Å². The van der Waals surface area contributed by atoms with Gasteiger partial charge in [0.2, 0.25) is 0 Å². The number of hydrogen-bond acceptors (Lipinski definition) is 5. The molecule has 0 atom stereocenters. The van der Waals surface area contributed by atoms with Gasteiger partial charge in [0.1, 0.15) is 5.36 Å². The van der Waals surface area contributed by atoms with Crippen LogP contribution in [-0.4, -0.2) is 20.7 Å². The third kappa shape index (κ3) is 3.73. The molecule has 130 valence electrons. The van der Waals surface area contributed by atoms with Crippen molar-refractivity contribution < 1.29 is 9.72 Å². The van der Waals surface area contributed by atoms with E-state index in [1.807, 2.05) is 30.3 Å². The van der Waals surface area contributed by atoms with Crippen molar-refractivity contribution in [2.45, 2.75) is 0 Å². The molecule has 0 saturated carbocycles. The quantitative estimate of drug-likeness (QED) is 0.550. The predicted molar refractivity (Wildman–Crippen MR) is 93.9 cm³/mol. The van der Waals surface area contributed by atoms with E-state index in [2.05, 4.69) is 15.6 Å². The molecule has 0 radical (unpaired) electrons. The van der Waals surface area contributed by atoms with Crippen molar-refractivity contribution in [3.8, 4) is 16.8 Å². The summed E-state index contributed by atoms with van der Waals surface area (Å²) in [7, 11) is 0. The van der Waals surface area contributed by atoms with Crippen LogP contribution >= 0.6 is 0 Å². The molecular weight excluding hydrogens is 336 g/mol. The van der Waals surface area contributed by atoms with Gasteiger partial charge in [-0.25, -0.2) is 14.9 Å². The second-order valence-electron chi connectivity index (χ2n) is 5.24. The number of nitrogens with zero attached hydrogens (tertiary/aromatic N) is 4. The fourth-order valence-corrected chi connectivity index (χ4v) is 2.32. The maximum atomic E-state index is 10.9. The topological polar surface area (TPSA) is 128 Å². The van der Waals surface area contributed by atoms with Crippen molar-refractivity contribution in [3.63, 3.8) is 0 Å². The monoisotopic (exact) mass is 350 g/mol. The lowest BCUT2D eigenvalue weighted by atomic mass is 10.1. The largest absolute Gasteiger partial charge is 0.350 e. The zero-order valence-corrected chi connectivity index (χ0v) is 13.4. The SMILES string of the molecule is NC(=O)N/N=c1/cnn(-c2ccc([N+](=O)[O-])cc2)cc1-c1ccccc1. The highest BCUT2D eigenvalue weighted by Gasteiger charge is 2.08. The van der Waals surface area contributed by atoms with Gasteiger partial charge >= 0.3 is 6.03 Å². The molecule has 3 aromatic rings. The first-order valence-electron chi connectivity index (χ1n) is 7.53. The van der Waals surface area contributed by atoms with Crippen molar-refractivity contribution in [2.24, 2.45) is 10.8 Å². The minimum absolute atomic E-state index is 0.00471. The molecule has 1 aromatic heterocycles. The van der Waals surface area contributed by atoms with Crippen LogP contribution in [0.4, 0.5) is 10.5 Å². The number of urea groups is 1. The molecule has 3 rings (SSSR count). The van der Waals surface area contributed by atoms with Gasteiger partial charge in [0.05, 0.1) is 16.8 Å². The van der Waals surface area contributed by atoms with Crippen molar-refractivity contribution in [1.29, 1.82) is 0 Å². The first-order valence-corrected chi connectivity index (χ1v) is 7.53. The summed E-state index contributed by atoms with van der Waals surface area (Å²) in [4.78, 5) is 21.3. The molecule has 1 heterocycles. The van der Waals surface area contributed by atoms with Crippen LogP contribution in [0.15, 0.2) is 72.1 Å². The molecule has 0 bridgehead atoms. The molecule has 9 nitrogen and oxygen atoms in total. The average Bonchev–Trinajstić information content (AvgIpc) is 2.67. The lowest BCUT2D eigenvalue weighted by molar-refractivity contribution is -0.384. The number of non-ortho nitro benzene ring substituents is 1. The normalized spacial score (nSPS) is 11.2. The Labute approximate surface area is 147 Å². The van der Waals surface area contributed by atoms with E-state index in [-0.39, 0.29) is 5.69 Å². The Hall–Kier alpha value is -4.01. The van der Waals surface area contributed by atoms with Gasteiger partial charge in [-0.15, -0.1) is 0 Å². The van der Waals surface area contributed by atoms with Gasteiger partial charge in [-0.1, -0.05) is 30.3 Å². The second kappa shape index (κ2) is 7.26. The summed E-state index contributed by atoms with van der Waals surface area (Å²) in [6, 6.07) is 14.6. The van der Waals surface area contributed by atoms with Gasteiger partial charge in [0.25, 0.3) is 5.69 Å². The molecule has 0 fully saturated rings. The van der Waals surface area contributed by atoms with Crippen molar-refractivity contribution in [3.05, 3.63) is 82.5 Å². The molecule has 0 unspecified atom stereocenters. The number of aromatic nitrogens is 2. The number of amides is 2. The number of benzene rings is 2. The standard InChI is InChI=1S/C17H14N6O3/c18-17(24)21-20-16-10-19-22(11-15(16)12-4-2-1-3-5-12)13-6-8-14(9-7-13)23(25)26/h1-11H,(H3,18,21,24)/b20-16-. The van der Waals surface area contributed by atoms with Gasteiger partial charge in [-0.2, -0.15) is 10.2 Å². The molecule has 3 N–H and O–H groups in total. The van der Waals surface area contributed by atoms with Crippen LogP contribution in [-0.2, 0) is 0 Å². The minimum atomic E-state index is -0.781. The Kier molecular flexibility index (Phi) is 4.70. The Bertz CT molecular complexity index is 1010. The van der Waals surface area contributed by atoms with Gasteiger partial charge in [-0.05, 0) is 17.7 Å². The molecular formula is C17H14N6O3. The van der Waals surface area contributed by atoms with Crippen LogP contribution in [0.2, 0.25) is 0 Å². The number of primary amides is 1. The Balaban J connectivity index is 2.10. The summed E-state index contributed by atoms with van der Waals surface area (Å²) < 4.78 is 1.56. The fraction of sp³-hybridized carbons (Fsp3) is 0. The van der Waals surface area contributed by atoms with Crippen LogP contribution < -0.4 is 16.5 Å². The molecule has 0 aliphatic rings. The number of nitrogens with one attached hydrogen (secondary N) is 1. The summed E-state index contributed by atoms with van der Waals surface area (Å²) in [6.07, 6.45) is 3.19. The highest BCUT2D eigenvalue weighted by Crippen LogP contribution is 2.17. The summed E-state index contributed by atoms with van der Waals surface area (Å²) in [5.41, 5.74) is 9.45. The number of rotatable bonds is 4. The fourth-order valence-electron chi connectivity index (χ4n) is 2.32. The number of hydrogen-bond donors (Lipinski definition) is 2. The maximum Gasteiger partial charge on any atom is 0.332 e. The predicted octanol–water partition coefficient (Wildman–Crippen LogP) is 1.93. The van der Waals surface area contributed by atoms with Gasteiger partial charge in [-0.3, -0.25) is 10.1 Å². The molecule has 2 aromatic carbocycles. The molecule has 26 heavy (non-hydrogen) atoms. The van der Waals surface area contributed by atoms with Crippen LogP contribution in [0.25, 0.3) is 16.8 Å². The summed E-state index contributed by atoms with van der Waals surface area (Å²) in [5.74, 6) is 0. The van der Waals surface area contributed by atoms with E-state index in [9.17, 15) is 14.9 Å². The zero-order chi connectivity index (χ0) is 18.5. The number of nitro benzene ring substituents is 1. The first kappa shape index (κ1) is 16.8. The third-order valence-electron chi connectivity index (χ3n) is 3.53. The lowest BCUT2D eigenvalue weighted by Crippen LogP contribution is -2.27. The summed E-state index contributed by atoms with van der Waals surface area (Å²) >= 11 is 0. The number of nitro groups is 1. The van der Waals surface area contributed by atoms with E-state index in [1.165, 1.54) is 18.3 Å². The van der Waals surface area contributed by atoms with Crippen molar-refractivity contribution >= 4 is 11.7 Å². The minimum Gasteiger partial charge on any atom is -0.350 e. The number of carbonyl (C=O) groups is 1. The van der Waals surface area contributed by atoms with E-state index >= 15 is 0 Å². The first-order chi connectivity index (χ1) is 12.5. The Morgan fingerprint density at radius 1 is 1.15 bits per heavy atom. The van der Waals surface area contributed by atoms with Crippen molar-refractivity contribution in [2.75, 3.05) is 0 Å². The zero-order valence-electron chi connectivity index (χ0n) is 13.4. The van der Waals surface area contributed by atoms with Gasteiger partial charge in [0.15, 0.2) is 0 Å². The lowest BCUT2D eigenvalue weighted by Gasteiger charge is -2.09. The molecule has 0 aliphatic heterocycles. The highest BCUT2D eigenvalue weighted by atomic mass is 16.6. The Morgan fingerprint density at radius 3 is 2.46 bits per heavy atom. The molecule has 0 saturated heterocycles. The molecule has 2 amide bonds. The van der Waals surface area contributed by atoms with Gasteiger partial charge < -0.3 is 5.73 Å². The second-order valence-corrected chi connectivity index (χ2v) is 5.24. The van der Waals surface area contributed by atoms with E-state index in [1.54, 1.807) is 23.0 Å². The molecule has 0 spiro atoms. The maximum absolute atomic E-state index is 10.9. The highest BCUT2D eigenvalue weighted by molar-refractivity contribution is 5.71. The van der Waals surface area contributed by atoms with Gasteiger partial charge in [0, 0.05) is 23.9 Å². The van der Waals surface area contributed by atoms with E-state index in [4.69, 9.17) is 5.73 Å². The van der Waals surface area contributed by atoms with Crippen LogP contribution in [0.5, 0.6) is 0 Å². The van der Waals surface area contributed by atoms with E-state index in [0.29, 0.717) is 16.6 Å².